The summed E-state index contributed by atoms with van der Waals surface area (Å²) >= 11 is 0. The average Bonchev–Trinajstić information content (AvgIpc) is 2.43. The first-order valence-corrected chi connectivity index (χ1v) is 7.70. The Morgan fingerprint density at radius 1 is 1.14 bits per heavy atom. The molecule has 0 atom stereocenters. The van der Waals surface area contributed by atoms with Gasteiger partial charge >= 0.3 is 0 Å². The first kappa shape index (κ1) is 17.9. The summed E-state index contributed by atoms with van der Waals surface area (Å²) in [6, 6.07) is 3.39. The third-order valence-electron chi connectivity index (χ3n) is 3.57. The molecule has 0 aromatic heterocycles. The maximum Gasteiger partial charge on any atom is 0.123 e. The molecule has 0 radical (unpaired) electrons. The number of aromatic hydroxyl groups is 2. The Bertz CT molecular complexity index is 574. The zero-order valence-electron chi connectivity index (χ0n) is 13.8. The first-order chi connectivity index (χ1) is 10.4. The lowest BCUT2D eigenvalue weighted by Crippen LogP contribution is -1.90. The fraction of sp³-hybridized carbons (Fsp3) is 0.400. The summed E-state index contributed by atoms with van der Waals surface area (Å²) in [6.45, 7) is 6.27. The van der Waals surface area contributed by atoms with Gasteiger partial charge in [-0.2, -0.15) is 0 Å². The minimum Gasteiger partial charge on any atom is -0.508 e. The van der Waals surface area contributed by atoms with Crippen molar-refractivity contribution in [2.24, 2.45) is 0 Å². The lowest BCUT2D eigenvalue weighted by molar-refractivity contribution is 0.439. The number of benzene rings is 1. The Kier molecular flexibility index (Phi) is 7.32. The van der Waals surface area contributed by atoms with Crippen LogP contribution in [0.15, 0.2) is 35.4 Å². The molecule has 0 aliphatic rings. The van der Waals surface area contributed by atoms with Gasteiger partial charge in [-0.05, 0) is 64.2 Å². The van der Waals surface area contributed by atoms with Gasteiger partial charge in [0, 0.05) is 12.0 Å². The van der Waals surface area contributed by atoms with Crippen molar-refractivity contribution >= 4 is 0 Å². The standard InChI is InChI=1S/C20H26O2/c1-5-6-10-17-13-19(21)18(20(22)14-17)12-11-16(4)9-7-8-15(2)3/h1,8,11,13-14,21-22H,6-7,9-10,12H2,2-4H3. The van der Waals surface area contributed by atoms with Crippen LogP contribution in [0.25, 0.3) is 0 Å². The number of hydrogen-bond donors (Lipinski definition) is 2. The van der Waals surface area contributed by atoms with Gasteiger partial charge in [0.1, 0.15) is 11.5 Å². The summed E-state index contributed by atoms with van der Waals surface area (Å²) in [5, 5.41) is 20.2. The van der Waals surface area contributed by atoms with Crippen LogP contribution in [0.1, 0.15) is 51.2 Å². The SMILES string of the molecule is C#CCCc1cc(O)c(CC=C(C)CCC=C(C)C)c(O)c1. The van der Waals surface area contributed by atoms with Crippen LogP contribution in [0.3, 0.4) is 0 Å². The highest BCUT2D eigenvalue weighted by atomic mass is 16.3. The predicted octanol–water partition coefficient (Wildman–Crippen LogP) is 4.90. The van der Waals surface area contributed by atoms with E-state index in [0.29, 0.717) is 24.8 Å². The molecule has 0 spiro atoms. The number of rotatable bonds is 7. The predicted molar refractivity (Wildman–Crippen MR) is 93.1 cm³/mol. The van der Waals surface area contributed by atoms with E-state index in [1.54, 1.807) is 12.1 Å². The highest BCUT2D eigenvalue weighted by molar-refractivity contribution is 5.47. The van der Waals surface area contributed by atoms with Crippen LogP contribution in [-0.4, -0.2) is 10.2 Å². The van der Waals surface area contributed by atoms with Crippen molar-refractivity contribution in [3.8, 4) is 23.8 Å². The van der Waals surface area contributed by atoms with Crippen molar-refractivity contribution < 1.29 is 10.2 Å². The van der Waals surface area contributed by atoms with E-state index in [9.17, 15) is 10.2 Å². The molecular weight excluding hydrogens is 272 g/mol. The van der Waals surface area contributed by atoms with Crippen LogP contribution in [0.2, 0.25) is 0 Å². The highest BCUT2D eigenvalue weighted by Crippen LogP contribution is 2.30. The fourth-order valence-electron chi connectivity index (χ4n) is 2.24. The second-order valence-corrected chi connectivity index (χ2v) is 5.89. The second-order valence-electron chi connectivity index (χ2n) is 5.89. The molecule has 0 aliphatic carbocycles. The molecule has 22 heavy (non-hydrogen) atoms. The van der Waals surface area contributed by atoms with Crippen molar-refractivity contribution in [1.29, 1.82) is 0 Å². The third kappa shape index (κ3) is 6.10. The summed E-state index contributed by atoms with van der Waals surface area (Å²) in [5.41, 5.74) is 4.02. The molecule has 2 heteroatoms. The van der Waals surface area contributed by atoms with Crippen molar-refractivity contribution in [2.75, 3.05) is 0 Å². The number of phenolic OH excluding ortho intramolecular Hbond substituents is 2. The van der Waals surface area contributed by atoms with E-state index in [0.717, 1.165) is 18.4 Å². The largest absolute Gasteiger partial charge is 0.508 e. The molecule has 0 heterocycles. The number of allylic oxidation sites excluding steroid dienone is 4. The summed E-state index contributed by atoms with van der Waals surface area (Å²) in [4.78, 5) is 0. The second kappa shape index (κ2) is 9.00. The molecule has 0 bridgehead atoms. The van der Waals surface area contributed by atoms with Gasteiger partial charge in [-0.15, -0.1) is 12.3 Å². The van der Waals surface area contributed by atoms with Crippen LogP contribution >= 0.6 is 0 Å². The fourth-order valence-corrected chi connectivity index (χ4v) is 2.24. The van der Waals surface area contributed by atoms with Gasteiger partial charge in [0.25, 0.3) is 0 Å². The molecule has 2 N–H and O–H groups in total. The lowest BCUT2D eigenvalue weighted by Gasteiger charge is -2.09. The number of hydrogen-bond acceptors (Lipinski definition) is 2. The van der Waals surface area contributed by atoms with Crippen LogP contribution in [0.5, 0.6) is 11.5 Å². The molecule has 1 aromatic rings. The topological polar surface area (TPSA) is 40.5 Å². The van der Waals surface area contributed by atoms with Gasteiger partial charge in [-0.3, -0.25) is 0 Å². The van der Waals surface area contributed by atoms with E-state index in [1.807, 2.05) is 0 Å². The van der Waals surface area contributed by atoms with Gasteiger partial charge < -0.3 is 10.2 Å². The monoisotopic (exact) mass is 298 g/mol. The summed E-state index contributed by atoms with van der Waals surface area (Å²) in [6.07, 6.45) is 13.3. The number of terminal acetylenes is 1. The molecule has 0 saturated carbocycles. The molecule has 0 saturated heterocycles. The van der Waals surface area contributed by atoms with E-state index in [4.69, 9.17) is 6.42 Å². The normalized spacial score (nSPS) is 11.1. The van der Waals surface area contributed by atoms with Gasteiger partial charge in [-0.1, -0.05) is 23.3 Å². The Balaban J connectivity index is 2.73. The van der Waals surface area contributed by atoms with Crippen molar-refractivity contribution in [2.45, 2.75) is 52.9 Å². The van der Waals surface area contributed by atoms with E-state index in [-0.39, 0.29) is 11.5 Å². The molecule has 0 aliphatic heterocycles. The Morgan fingerprint density at radius 2 is 1.77 bits per heavy atom. The molecule has 1 rings (SSSR count). The van der Waals surface area contributed by atoms with Crippen molar-refractivity contribution in [1.82, 2.24) is 0 Å². The zero-order valence-corrected chi connectivity index (χ0v) is 13.8. The highest BCUT2D eigenvalue weighted by Gasteiger charge is 2.08. The van der Waals surface area contributed by atoms with E-state index in [1.165, 1.54) is 11.1 Å². The molecule has 0 amide bonds. The Morgan fingerprint density at radius 3 is 2.32 bits per heavy atom. The maximum absolute atomic E-state index is 10.1. The van der Waals surface area contributed by atoms with Crippen LogP contribution in [-0.2, 0) is 12.8 Å². The number of phenols is 2. The smallest absolute Gasteiger partial charge is 0.123 e. The quantitative estimate of drug-likeness (QED) is 0.555. The maximum atomic E-state index is 10.1. The molecule has 0 fully saturated rings. The van der Waals surface area contributed by atoms with E-state index in [2.05, 4.69) is 38.8 Å². The molecule has 0 unspecified atom stereocenters. The van der Waals surface area contributed by atoms with E-state index >= 15 is 0 Å². The summed E-state index contributed by atoms with van der Waals surface area (Å²) < 4.78 is 0. The number of aryl methyl sites for hydroxylation is 1. The van der Waals surface area contributed by atoms with Crippen LogP contribution in [0, 0.1) is 12.3 Å². The molecule has 1 aromatic carbocycles. The van der Waals surface area contributed by atoms with Crippen molar-refractivity contribution in [3.63, 3.8) is 0 Å². The van der Waals surface area contributed by atoms with Crippen LogP contribution in [0.4, 0.5) is 0 Å². The minimum atomic E-state index is 0.139. The van der Waals surface area contributed by atoms with E-state index < -0.39 is 0 Å². The van der Waals surface area contributed by atoms with Gasteiger partial charge in [0.15, 0.2) is 0 Å². The minimum absolute atomic E-state index is 0.139. The van der Waals surface area contributed by atoms with Crippen molar-refractivity contribution in [3.05, 3.63) is 46.6 Å². The Labute approximate surface area is 134 Å². The summed E-state index contributed by atoms with van der Waals surface area (Å²) in [5.74, 6) is 2.84. The zero-order chi connectivity index (χ0) is 16.5. The van der Waals surface area contributed by atoms with Crippen LogP contribution < -0.4 is 0 Å². The first-order valence-electron chi connectivity index (χ1n) is 7.70. The summed E-state index contributed by atoms with van der Waals surface area (Å²) in [7, 11) is 0. The molecule has 118 valence electrons. The van der Waals surface area contributed by atoms with Gasteiger partial charge in [0.05, 0.1) is 0 Å². The molecule has 2 nitrogen and oxygen atoms in total. The molecular formula is C20H26O2. The Hall–Kier alpha value is -2.14. The van der Waals surface area contributed by atoms with Gasteiger partial charge in [0.2, 0.25) is 0 Å². The average molecular weight is 298 g/mol. The lowest BCUT2D eigenvalue weighted by atomic mass is 10.0. The third-order valence-corrected chi connectivity index (χ3v) is 3.57. The van der Waals surface area contributed by atoms with Gasteiger partial charge in [-0.25, -0.2) is 0 Å².